The number of ether oxygens (including phenoxy) is 1. The maximum Gasteiger partial charge on any atom is 0.302 e. The zero-order valence-corrected chi connectivity index (χ0v) is 8.14. The molecule has 2 atom stereocenters. The molecule has 70 valence electrons. The first kappa shape index (κ1) is 9.85. The summed E-state index contributed by atoms with van der Waals surface area (Å²) in [6, 6.07) is 0. The molecule has 2 unspecified atom stereocenters. The molecule has 0 saturated heterocycles. The third-order valence-electron chi connectivity index (χ3n) is 2.32. The summed E-state index contributed by atoms with van der Waals surface area (Å²) in [5.41, 5.74) is 0. The summed E-state index contributed by atoms with van der Waals surface area (Å²) < 4.78 is 4.93. The highest BCUT2D eigenvalue weighted by molar-refractivity contribution is 6.20. The minimum absolute atomic E-state index is 0.204. The lowest BCUT2D eigenvalue weighted by Gasteiger charge is -2.26. The molecule has 0 N–H and O–H groups in total. The molecule has 0 bridgehead atoms. The molecule has 0 aromatic rings. The van der Waals surface area contributed by atoms with Crippen LogP contribution in [0.15, 0.2) is 0 Å². The van der Waals surface area contributed by atoms with Crippen molar-refractivity contribution in [1.29, 1.82) is 0 Å². The molecule has 0 heterocycles. The quantitative estimate of drug-likeness (QED) is 0.494. The summed E-state index contributed by atoms with van der Waals surface area (Å²) in [5, 5.41) is 0.207. The molecule has 12 heavy (non-hydrogen) atoms. The Morgan fingerprint density at radius 3 is 2.75 bits per heavy atom. The van der Waals surface area contributed by atoms with Crippen LogP contribution >= 0.6 is 11.6 Å². The molecule has 1 aliphatic rings. The summed E-state index contributed by atoms with van der Waals surface area (Å²) in [7, 11) is 0. The summed E-state index contributed by atoms with van der Waals surface area (Å²) in [4.78, 5) is 10.5. The SMILES string of the molecule is CC(=O)OCC1CCCCC1Cl. The summed E-state index contributed by atoms with van der Waals surface area (Å²) in [5.74, 6) is 0.175. The van der Waals surface area contributed by atoms with E-state index in [1.165, 1.54) is 19.8 Å². The van der Waals surface area contributed by atoms with Gasteiger partial charge in [-0.1, -0.05) is 12.8 Å². The second kappa shape index (κ2) is 4.70. The second-order valence-corrected chi connectivity index (χ2v) is 3.92. The first-order valence-corrected chi connectivity index (χ1v) is 4.91. The van der Waals surface area contributed by atoms with Gasteiger partial charge in [-0.2, -0.15) is 0 Å². The summed E-state index contributed by atoms with van der Waals surface area (Å²) >= 11 is 6.07. The molecule has 0 radical (unpaired) electrons. The summed E-state index contributed by atoms with van der Waals surface area (Å²) in [6.07, 6.45) is 4.59. The van der Waals surface area contributed by atoms with Gasteiger partial charge in [-0.15, -0.1) is 11.6 Å². The molecule has 0 aromatic heterocycles. The number of esters is 1. The van der Waals surface area contributed by atoms with Crippen LogP contribution in [0.4, 0.5) is 0 Å². The smallest absolute Gasteiger partial charge is 0.302 e. The van der Waals surface area contributed by atoms with Gasteiger partial charge >= 0.3 is 5.97 Å². The van der Waals surface area contributed by atoms with Gasteiger partial charge in [0.05, 0.1) is 6.61 Å². The van der Waals surface area contributed by atoms with Crippen LogP contribution in [0.5, 0.6) is 0 Å². The Morgan fingerprint density at radius 2 is 2.17 bits per heavy atom. The fourth-order valence-electron chi connectivity index (χ4n) is 1.57. The normalized spacial score (nSPS) is 29.8. The van der Waals surface area contributed by atoms with E-state index < -0.39 is 0 Å². The Morgan fingerprint density at radius 1 is 1.50 bits per heavy atom. The Balaban J connectivity index is 2.24. The number of carbonyl (C=O) groups is 1. The van der Waals surface area contributed by atoms with Gasteiger partial charge in [-0.05, 0) is 12.8 Å². The van der Waals surface area contributed by atoms with Crippen molar-refractivity contribution in [1.82, 2.24) is 0 Å². The first-order valence-electron chi connectivity index (χ1n) is 4.47. The average Bonchev–Trinajstić information content (AvgIpc) is 2.03. The van der Waals surface area contributed by atoms with Crippen molar-refractivity contribution in [2.75, 3.05) is 6.61 Å². The molecular formula is C9H15ClO2. The lowest BCUT2D eigenvalue weighted by Crippen LogP contribution is -2.25. The molecule has 0 amide bonds. The first-order chi connectivity index (χ1) is 5.70. The van der Waals surface area contributed by atoms with E-state index in [0.29, 0.717) is 12.5 Å². The predicted octanol–water partition coefficient (Wildman–Crippen LogP) is 2.35. The van der Waals surface area contributed by atoms with Crippen molar-refractivity contribution < 1.29 is 9.53 Å². The number of halogens is 1. The van der Waals surface area contributed by atoms with Crippen LogP contribution in [0.2, 0.25) is 0 Å². The topological polar surface area (TPSA) is 26.3 Å². The molecular weight excluding hydrogens is 176 g/mol. The van der Waals surface area contributed by atoms with E-state index in [0.717, 1.165) is 12.8 Å². The van der Waals surface area contributed by atoms with Gasteiger partial charge in [-0.25, -0.2) is 0 Å². The number of hydrogen-bond acceptors (Lipinski definition) is 2. The maximum atomic E-state index is 10.5. The number of rotatable bonds is 2. The van der Waals surface area contributed by atoms with Crippen LogP contribution in [0, 0.1) is 5.92 Å². The molecule has 1 fully saturated rings. The zero-order chi connectivity index (χ0) is 8.97. The highest BCUT2D eigenvalue weighted by atomic mass is 35.5. The van der Waals surface area contributed by atoms with E-state index in [1.807, 2.05) is 0 Å². The van der Waals surface area contributed by atoms with Crippen molar-refractivity contribution in [3.63, 3.8) is 0 Å². The predicted molar refractivity (Wildman–Crippen MR) is 48.2 cm³/mol. The van der Waals surface area contributed by atoms with E-state index in [4.69, 9.17) is 16.3 Å². The van der Waals surface area contributed by atoms with Gasteiger partial charge in [0.1, 0.15) is 0 Å². The molecule has 0 aliphatic heterocycles. The van der Waals surface area contributed by atoms with Crippen molar-refractivity contribution in [3.8, 4) is 0 Å². The Labute approximate surface area is 78.2 Å². The van der Waals surface area contributed by atoms with Crippen LogP contribution < -0.4 is 0 Å². The average molecular weight is 191 g/mol. The second-order valence-electron chi connectivity index (χ2n) is 3.36. The Kier molecular flexibility index (Phi) is 3.86. The molecule has 3 heteroatoms. The van der Waals surface area contributed by atoms with Crippen molar-refractivity contribution in [2.24, 2.45) is 5.92 Å². The molecule has 1 saturated carbocycles. The van der Waals surface area contributed by atoms with E-state index in [-0.39, 0.29) is 11.3 Å². The van der Waals surface area contributed by atoms with Gasteiger partial charge in [0.25, 0.3) is 0 Å². The molecule has 1 aliphatic carbocycles. The highest BCUT2D eigenvalue weighted by Crippen LogP contribution is 2.28. The van der Waals surface area contributed by atoms with Crippen LogP contribution in [0.3, 0.4) is 0 Å². The lowest BCUT2D eigenvalue weighted by molar-refractivity contribution is -0.142. The lowest BCUT2D eigenvalue weighted by atomic mass is 9.89. The Bertz CT molecular complexity index is 159. The molecule has 0 aromatic carbocycles. The molecule has 2 nitrogen and oxygen atoms in total. The van der Waals surface area contributed by atoms with Gasteiger partial charge in [0, 0.05) is 18.2 Å². The van der Waals surface area contributed by atoms with Crippen LogP contribution in [-0.2, 0) is 9.53 Å². The number of alkyl halides is 1. The minimum Gasteiger partial charge on any atom is -0.466 e. The fraction of sp³-hybridized carbons (Fsp3) is 0.889. The van der Waals surface area contributed by atoms with E-state index in [9.17, 15) is 4.79 Å². The van der Waals surface area contributed by atoms with Gasteiger partial charge in [-0.3, -0.25) is 4.79 Å². The minimum atomic E-state index is -0.204. The van der Waals surface area contributed by atoms with Crippen LogP contribution in [0.25, 0.3) is 0 Å². The zero-order valence-electron chi connectivity index (χ0n) is 7.38. The van der Waals surface area contributed by atoms with Crippen molar-refractivity contribution in [3.05, 3.63) is 0 Å². The van der Waals surface area contributed by atoms with E-state index in [2.05, 4.69) is 0 Å². The van der Waals surface area contributed by atoms with Crippen molar-refractivity contribution in [2.45, 2.75) is 38.0 Å². The standard InChI is InChI=1S/C9H15ClO2/c1-7(11)12-6-8-4-2-3-5-9(8)10/h8-9H,2-6H2,1H3. The third kappa shape index (κ3) is 3.02. The van der Waals surface area contributed by atoms with Crippen LogP contribution in [0.1, 0.15) is 32.6 Å². The largest absolute Gasteiger partial charge is 0.466 e. The van der Waals surface area contributed by atoms with Gasteiger partial charge in [0.2, 0.25) is 0 Å². The summed E-state index contributed by atoms with van der Waals surface area (Å²) in [6.45, 7) is 1.94. The maximum absolute atomic E-state index is 10.5. The monoisotopic (exact) mass is 190 g/mol. The van der Waals surface area contributed by atoms with E-state index >= 15 is 0 Å². The highest BCUT2D eigenvalue weighted by Gasteiger charge is 2.23. The molecule has 0 spiro atoms. The van der Waals surface area contributed by atoms with Crippen molar-refractivity contribution >= 4 is 17.6 Å². The van der Waals surface area contributed by atoms with Gasteiger partial charge < -0.3 is 4.74 Å². The number of hydrogen-bond donors (Lipinski definition) is 0. The van der Waals surface area contributed by atoms with Gasteiger partial charge in [0.15, 0.2) is 0 Å². The third-order valence-corrected chi connectivity index (χ3v) is 2.89. The van der Waals surface area contributed by atoms with E-state index in [1.54, 1.807) is 0 Å². The Hall–Kier alpha value is -0.240. The fourth-order valence-corrected chi connectivity index (χ4v) is 1.93. The number of carbonyl (C=O) groups excluding carboxylic acids is 1. The van der Waals surface area contributed by atoms with Crippen LogP contribution in [-0.4, -0.2) is 18.0 Å². The molecule has 1 rings (SSSR count).